The molecule has 0 aliphatic carbocycles. The Labute approximate surface area is 237 Å². The van der Waals surface area contributed by atoms with Crippen LogP contribution in [0.4, 0.5) is 19.0 Å². The Hall–Kier alpha value is -5.45. The van der Waals surface area contributed by atoms with Crippen molar-refractivity contribution in [2.75, 3.05) is 5.32 Å². The highest BCUT2D eigenvalue weighted by molar-refractivity contribution is 6.00. The Morgan fingerprint density at radius 1 is 0.976 bits per heavy atom. The number of benzene rings is 3. The van der Waals surface area contributed by atoms with Gasteiger partial charge in [0.1, 0.15) is 17.9 Å². The molecule has 1 amide bonds. The molecule has 6 aromatic rings. The lowest BCUT2D eigenvalue weighted by Gasteiger charge is -2.14. The molecule has 11 heteroatoms. The summed E-state index contributed by atoms with van der Waals surface area (Å²) >= 11 is 0. The molecule has 0 fully saturated rings. The van der Waals surface area contributed by atoms with Gasteiger partial charge in [-0.1, -0.05) is 30.3 Å². The molecule has 0 radical (unpaired) electrons. The minimum atomic E-state index is -4.60. The molecule has 0 aliphatic heterocycles. The largest absolute Gasteiger partial charge is 0.467 e. The van der Waals surface area contributed by atoms with Gasteiger partial charge in [0.05, 0.1) is 30.1 Å². The molecular formula is C31H23F3N6O2. The number of aromatic nitrogens is 4. The SMILES string of the molecule is Cc1ccc(-c2ccc(C(F)(F)F)cc2C(N)=O)cc1-c1ccc2cnn(-c3cc(NCc4ccco4)ncn3)c2c1. The van der Waals surface area contributed by atoms with Gasteiger partial charge in [0.25, 0.3) is 0 Å². The first-order valence-corrected chi connectivity index (χ1v) is 12.9. The lowest BCUT2D eigenvalue weighted by molar-refractivity contribution is -0.137. The number of nitrogens with zero attached hydrogens (tertiary/aromatic N) is 4. The van der Waals surface area contributed by atoms with Crippen LogP contribution in [0.3, 0.4) is 0 Å². The Kier molecular flexibility index (Phi) is 6.69. The first kappa shape index (κ1) is 26.8. The molecule has 3 heterocycles. The molecule has 0 spiro atoms. The lowest BCUT2D eigenvalue weighted by Crippen LogP contribution is -2.15. The van der Waals surface area contributed by atoms with Crippen molar-refractivity contribution in [2.24, 2.45) is 5.73 Å². The number of hydrogen-bond acceptors (Lipinski definition) is 6. The van der Waals surface area contributed by atoms with E-state index >= 15 is 0 Å². The summed E-state index contributed by atoms with van der Waals surface area (Å²) in [6.45, 7) is 2.39. The summed E-state index contributed by atoms with van der Waals surface area (Å²) in [5.41, 5.74) is 8.64. The van der Waals surface area contributed by atoms with Gasteiger partial charge >= 0.3 is 6.18 Å². The predicted molar refractivity (Wildman–Crippen MR) is 152 cm³/mol. The molecule has 3 N–H and O–H groups in total. The van der Waals surface area contributed by atoms with Crippen molar-refractivity contribution >= 4 is 22.6 Å². The molecule has 210 valence electrons. The molecule has 8 nitrogen and oxygen atoms in total. The number of nitrogens with one attached hydrogen (secondary N) is 1. The van der Waals surface area contributed by atoms with Gasteiger partial charge in [-0.2, -0.15) is 18.3 Å². The quantitative estimate of drug-likeness (QED) is 0.220. The van der Waals surface area contributed by atoms with Gasteiger partial charge in [0.2, 0.25) is 5.91 Å². The molecule has 6 rings (SSSR count). The molecule has 0 atom stereocenters. The third-order valence-electron chi connectivity index (χ3n) is 6.94. The number of carbonyl (C=O) groups is 1. The summed E-state index contributed by atoms with van der Waals surface area (Å²) in [6, 6.07) is 19.8. The minimum Gasteiger partial charge on any atom is -0.467 e. The van der Waals surface area contributed by atoms with E-state index in [0.717, 1.165) is 45.5 Å². The molecule has 3 aromatic heterocycles. The fourth-order valence-corrected chi connectivity index (χ4v) is 4.80. The number of carbonyl (C=O) groups excluding carboxylic acids is 1. The highest BCUT2D eigenvalue weighted by Gasteiger charge is 2.31. The van der Waals surface area contributed by atoms with Gasteiger partial charge in [0.15, 0.2) is 5.82 Å². The van der Waals surface area contributed by atoms with E-state index in [4.69, 9.17) is 10.2 Å². The van der Waals surface area contributed by atoms with E-state index in [1.54, 1.807) is 29.3 Å². The zero-order valence-corrected chi connectivity index (χ0v) is 22.2. The van der Waals surface area contributed by atoms with Crippen LogP contribution >= 0.6 is 0 Å². The Morgan fingerprint density at radius 2 is 1.79 bits per heavy atom. The van der Waals surface area contributed by atoms with E-state index < -0.39 is 17.6 Å². The number of fused-ring (bicyclic) bond motifs is 1. The van der Waals surface area contributed by atoms with Crippen LogP contribution in [0.15, 0.2) is 96.0 Å². The Bertz CT molecular complexity index is 1930. The van der Waals surface area contributed by atoms with Crippen LogP contribution in [0, 0.1) is 6.92 Å². The maximum absolute atomic E-state index is 13.3. The maximum atomic E-state index is 13.3. The second-order valence-electron chi connectivity index (χ2n) is 9.68. The van der Waals surface area contributed by atoms with Crippen LogP contribution in [0.1, 0.15) is 27.2 Å². The van der Waals surface area contributed by atoms with E-state index in [1.165, 1.54) is 12.4 Å². The van der Waals surface area contributed by atoms with Crippen molar-refractivity contribution < 1.29 is 22.4 Å². The number of halogens is 3. The third-order valence-corrected chi connectivity index (χ3v) is 6.94. The first-order chi connectivity index (χ1) is 20.2. The summed E-state index contributed by atoms with van der Waals surface area (Å²) in [6.07, 6.45) is 0.194. The summed E-state index contributed by atoms with van der Waals surface area (Å²) in [5.74, 6) is 0.981. The van der Waals surface area contributed by atoms with Crippen LogP contribution in [0.2, 0.25) is 0 Å². The van der Waals surface area contributed by atoms with Gasteiger partial charge < -0.3 is 15.5 Å². The molecular weight excluding hydrogens is 545 g/mol. The Balaban J connectivity index is 1.38. The molecule has 0 bridgehead atoms. The van der Waals surface area contributed by atoms with Crippen molar-refractivity contribution in [3.8, 4) is 28.1 Å². The summed E-state index contributed by atoms with van der Waals surface area (Å²) in [7, 11) is 0. The number of primary amides is 1. The smallest absolute Gasteiger partial charge is 0.416 e. The van der Waals surface area contributed by atoms with Crippen LogP contribution in [0.25, 0.3) is 39.0 Å². The number of hydrogen-bond donors (Lipinski definition) is 2. The monoisotopic (exact) mass is 568 g/mol. The second kappa shape index (κ2) is 10.5. The second-order valence-corrected chi connectivity index (χ2v) is 9.68. The fraction of sp³-hybridized carbons (Fsp3) is 0.0968. The predicted octanol–water partition coefficient (Wildman–Crippen LogP) is 6.78. The zero-order chi connectivity index (χ0) is 29.4. The van der Waals surface area contributed by atoms with E-state index in [2.05, 4.69) is 20.4 Å². The maximum Gasteiger partial charge on any atom is 0.416 e. The molecule has 3 aromatic carbocycles. The number of alkyl halides is 3. The fourth-order valence-electron chi connectivity index (χ4n) is 4.80. The van der Waals surface area contributed by atoms with Gasteiger partial charge in [-0.05, 0) is 71.1 Å². The molecule has 0 unspecified atom stereocenters. The molecule has 42 heavy (non-hydrogen) atoms. The summed E-state index contributed by atoms with van der Waals surface area (Å²) < 4.78 is 47.0. The van der Waals surface area contributed by atoms with E-state index in [0.29, 0.717) is 29.3 Å². The van der Waals surface area contributed by atoms with Crippen molar-refractivity contribution in [1.82, 2.24) is 19.7 Å². The van der Waals surface area contributed by atoms with Gasteiger partial charge in [-0.15, -0.1) is 0 Å². The van der Waals surface area contributed by atoms with E-state index in [9.17, 15) is 18.0 Å². The highest BCUT2D eigenvalue weighted by Crippen LogP contribution is 2.36. The van der Waals surface area contributed by atoms with Crippen molar-refractivity contribution in [3.05, 3.63) is 114 Å². The average molecular weight is 569 g/mol. The van der Waals surface area contributed by atoms with Crippen LogP contribution < -0.4 is 11.1 Å². The number of furan rings is 1. The van der Waals surface area contributed by atoms with Crippen LogP contribution in [-0.2, 0) is 12.7 Å². The average Bonchev–Trinajstić information content (AvgIpc) is 3.66. The number of amides is 1. The number of nitrogens with two attached hydrogens (primary N) is 1. The zero-order valence-electron chi connectivity index (χ0n) is 22.2. The summed E-state index contributed by atoms with van der Waals surface area (Å²) in [4.78, 5) is 20.8. The van der Waals surface area contributed by atoms with Crippen molar-refractivity contribution in [3.63, 3.8) is 0 Å². The number of anilines is 1. The lowest BCUT2D eigenvalue weighted by atomic mass is 9.92. The topological polar surface area (TPSA) is 112 Å². The summed E-state index contributed by atoms with van der Waals surface area (Å²) in [5, 5.41) is 8.63. The van der Waals surface area contributed by atoms with Gasteiger partial charge in [-0.3, -0.25) is 4.79 Å². The molecule has 0 saturated heterocycles. The van der Waals surface area contributed by atoms with Crippen LogP contribution in [0.5, 0.6) is 0 Å². The van der Waals surface area contributed by atoms with Gasteiger partial charge in [0, 0.05) is 17.0 Å². The highest BCUT2D eigenvalue weighted by atomic mass is 19.4. The molecule has 0 aliphatic rings. The first-order valence-electron chi connectivity index (χ1n) is 12.9. The third kappa shape index (κ3) is 5.19. The molecule has 0 saturated carbocycles. The number of aryl methyl sites for hydroxylation is 1. The van der Waals surface area contributed by atoms with Crippen LogP contribution in [-0.4, -0.2) is 25.7 Å². The van der Waals surface area contributed by atoms with E-state index in [-0.39, 0.29) is 5.56 Å². The minimum absolute atomic E-state index is 0.201. The standard InChI is InChI=1S/C31H23F3N6O2/c1-18-4-5-19(24-9-8-22(31(32,33)34)13-26(24)30(35)41)11-25(18)20-6-7-21-15-39-40(27(21)12-20)29-14-28(37-17-38-29)36-16-23-3-2-10-42-23/h2-15,17H,16H2,1H3,(H2,35,41)(H,36,37,38). The van der Waals surface area contributed by atoms with E-state index in [1.807, 2.05) is 49.4 Å². The van der Waals surface area contributed by atoms with Gasteiger partial charge in [-0.25, -0.2) is 14.6 Å². The number of rotatable bonds is 7. The normalized spacial score (nSPS) is 11.6. The van der Waals surface area contributed by atoms with Crippen molar-refractivity contribution in [2.45, 2.75) is 19.6 Å². The Morgan fingerprint density at radius 3 is 2.55 bits per heavy atom. The van der Waals surface area contributed by atoms with Crippen molar-refractivity contribution in [1.29, 1.82) is 0 Å².